The number of hydrogen-bond acceptors (Lipinski definition) is 1. The Bertz CT molecular complexity index is 369. The van der Waals surface area contributed by atoms with Crippen LogP contribution >= 0.6 is 0 Å². The lowest BCUT2D eigenvalue weighted by molar-refractivity contribution is -0.137. The van der Waals surface area contributed by atoms with Crippen molar-refractivity contribution < 1.29 is 13.2 Å². The molecule has 0 bridgehead atoms. The summed E-state index contributed by atoms with van der Waals surface area (Å²) in [5.41, 5.74) is 0.453. The molecule has 1 fully saturated rings. The Labute approximate surface area is 99.0 Å². The highest BCUT2D eigenvalue weighted by molar-refractivity contribution is 5.27. The van der Waals surface area contributed by atoms with E-state index in [4.69, 9.17) is 0 Å². The molecule has 0 spiro atoms. The van der Waals surface area contributed by atoms with E-state index in [2.05, 4.69) is 12.2 Å². The van der Waals surface area contributed by atoms with Gasteiger partial charge in [0.05, 0.1) is 5.56 Å². The zero-order valence-electron chi connectivity index (χ0n) is 9.72. The average Bonchev–Trinajstić information content (AvgIpc) is 2.28. The molecule has 2 rings (SSSR count). The average molecular weight is 243 g/mol. The van der Waals surface area contributed by atoms with E-state index in [1.165, 1.54) is 12.1 Å². The van der Waals surface area contributed by atoms with E-state index in [1.54, 1.807) is 12.1 Å². The summed E-state index contributed by atoms with van der Waals surface area (Å²) >= 11 is 0. The minimum Gasteiger partial charge on any atom is -0.314 e. The van der Waals surface area contributed by atoms with Crippen molar-refractivity contribution in [1.82, 2.24) is 5.32 Å². The van der Waals surface area contributed by atoms with E-state index in [-0.39, 0.29) is 0 Å². The van der Waals surface area contributed by atoms with Gasteiger partial charge < -0.3 is 5.32 Å². The first-order chi connectivity index (χ1) is 7.97. The van der Waals surface area contributed by atoms with Gasteiger partial charge in [0.2, 0.25) is 0 Å². The molecule has 0 aliphatic carbocycles. The van der Waals surface area contributed by atoms with Gasteiger partial charge >= 0.3 is 6.18 Å². The van der Waals surface area contributed by atoms with Crippen LogP contribution in [0.1, 0.15) is 36.8 Å². The summed E-state index contributed by atoms with van der Waals surface area (Å²) in [6, 6.07) is 6.04. The van der Waals surface area contributed by atoms with Crippen LogP contribution in [-0.2, 0) is 6.18 Å². The molecule has 4 heteroatoms. The molecule has 1 saturated heterocycles. The minimum atomic E-state index is -4.24. The fourth-order valence-electron chi connectivity index (χ4n) is 2.38. The second-order valence-electron chi connectivity index (χ2n) is 4.70. The topological polar surface area (TPSA) is 12.0 Å². The van der Waals surface area contributed by atoms with Gasteiger partial charge in [0, 0.05) is 6.04 Å². The Kier molecular flexibility index (Phi) is 3.43. The van der Waals surface area contributed by atoms with E-state index < -0.39 is 11.7 Å². The molecule has 1 heterocycles. The maximum atomic E-state index is 12.4. The van der Waals surface area contributed by atoms with Crippen LogP contribution in [-0.4, -0.2) is 12.6 Å². The van der Waals surface area contributed by atoms with E-state index in [1.807, 2.05) is 0 Å². The van der Waals surface area contributed by atoms with Gasteiger partial charge in [-0.15, -0.1) is 0 Å². The number of rotatable bonds is 1. The Hall–Kier alpha value is -1.03. The van der Waals surface area contributed by atoms with Gasteiger partial charge in [-0.3, -0.25) is 0 Å². The van der Waals surface area contributed by atoms with Crippen molar-refractivity contribution in [2.75, 3.05) is 6.54 Å². The largest absolute Gasteiger partial charge is 0.416 e. The second kappa shape index (κ2) is 4.69. The van der Waals surface area contributed by atoms with E-state index in [9.17, 15) is 13.2 Å². The highest BCUT2D eigenvalue weighted by Crippen LogP contribution is 2.32. The maximum Gasteiger partial charge on any atom is 0.416 e. The summed E-state index contributed by atoms with van der Waals surface area (Å²) in [5, 5.41) is 3.34. The molecule has 0 amide bonds. The normalized spacial score (nSPS) is 25.9. The minimum absolute atomic E-state index is 0.383. The number of alkyl halides is 3. The highest BCUT2D eigenvalue weighted by atomic mass is 19.4. The van der Waals surface area contributed by atoms with Crippen LogP contribution in [0.25, 0.3) is 0 Å². The van der Waals surface area contributed by atoms with Crippen LogP contribution in [0.4, 0.5) is 13.2 Å². The van der Waals surface area contributed by atoms with Crippen LogP contribution in [0.15, 0.2) is 24.3 Å². The van der Waals surface area contributed by atoms with Gasteiger partial charge in [0.1, 0.15) is 0 Å². The Morgan fingerprint density at radius 1 is 1.18 bits per heavy atom. The molecule has 94 valence electrons. The number of halogens is 3. The third kappa shape index (κ3) is 3.00. The smallest absolute Gasteiger partial charge is 0.314 e. The van der Waals surface area contributed by atoms with E-state index >= 15 is 0 Å². The lowest BCUT2D eigenvalue weighted by Crippen LogP contribution is -2.34. The van der Waals surface area contributed by atoms with Gasteiger partial charge in [-0.1, -0.05) is 12.1 Å². The highest BCUT2D eigenvalue weighted by Gasteiger charge is 2.30. The van der Waals surface area contributed by atoms with Gasteiger partial charge in [-0.25, -0.2) is 0 Å². The second-order valence-corrected chi connectivity index (χ2v) is 4.70. The molecule has 0 saturated carbocycles. The Balaban J connectivity index is 2.12. The number of benzene rings is 1. The van der Waals surface area contributed by atoms with Crippen molar-refractivity contribution in [3.8, 4) is 0 Å². The first-order valence-electron chi connectivity index (χ1n) is 5.87. The zero-order chi connectivity index (χ0) is 12.5. The third-order valence-corrected chi connectivity index (χ3v) is 3.33. The predicted octanol–water partition coefficient (Wildman–Crippen LogP) is 3.56. The summed E-state index contributed by atoms with van der Waals surface area (Å²) in [6.07, 6.45) is -2.25. The summed E-state index contributed by atoms with van der Waals surface area (Å²) in [7, 11) is 0. The number of piperidine rings is 1. The molecule has 0 aromatic heterocycles. The van der Waals surface area contributed by atoms with Gasteiger partial charge in [-0.2, -0.15) is 13.2 Å². The van der Waals surface area contributed by atoms with Crippen molar-refractivity contribution in [2.45, 2.75) is 37.9 Å². The molecule has 1 aliphatic heterocycles. The molecular formula is C13H16F3N. The molecule has 17 heavy (non-hydrogen) atoms. The van der Waals surface area contributed by atoms with Crippen LogP contribution in [0.5, 0.6) is 0 Å². The molecule has 1 aliphatic rings. The molecule has 1 N–H and O–H groups in total. The predicted molar refractivity (Wildman–Crippen MR) is 60.9 cm³/mol. The van der Waals surface area contributed by atoms with Gasteiger partial charge in [0.15, 0.2) is 0 Å². The quantitative estimate of drug-likeness (QED) is 0.795. The van der Waals surface area contributed by atoms with Crippen LogP contribution in [0.2, 0.25) is 0 Å². The zero-order valence-corrected chi connectivity index (χ0v) is 9.72. The van der Waals surface area contributed by atoms with Crippen molar-refractivity contribution >= 4 is 0 Å². The molecule has 0 radical (unpaired) electrons. The SMILES string of the molecule is C[C@@H]1C[C@H](c2ccc(C(F)(F)F)cc2)CCN1. The van der Waals surface area contributed by atoms with Crippen molar-refractivity contribution in [3.05, 3.63) is 35.4 Å². The lowest BCUT2D eigenvalue weighted by atomic mass is 9.86. The van der Waals surface area contributed by atoms with Crippen molar-refractivity contribution in [2.24, 2.45) is 0 Å². The standard InChI is InChI=1S/C13H16F3N/c1-9-8-11(6-7-17-9)10-2-4-12(5-3-10)13(14,15)16/h2-5,9,11,17H,6-8H2,1H3/t9-,11-/m1/s1. The van der Waals surface area contributed by atoms with Crippen LogP contribution in [0, 0.1) is 0 Å². The number of hydrogen-bond donors (Lipinski definition) is 1. The van der Waals surface area contributed by atoms with Crippen LogP contribution < -0.4 is 5.32 Å². The monoisotopic (exact) mass is 243 g/mol. The molecular weight excluding hydrogens is 227 g/mol. The maximum absolute atomic E-state index is 12.4. The molecule has 2 atom stereocenters. The van der Waals surface area contributed by atoms with E-state index in [0.29, 0.717) is 12.0 Å². The van der Waals surface area contributed by atoms with Gasteiger partial charge in [-0.05, 0) is 49.9 Å². The summed E-state index contributed by atoms with van der Waals surface area (Å²) < 4.78 is 37.2. The molecule has 1 aromatic carbocycles. The van der Waals surface area contributed by atoms with Gasteiger partial charge in [0.25, 0.3) is 0 Å². The van der Waals surface area contributed by atoms with Crippen molar-refractivity contribution in [1.29, 1.82) is 0 Å². The van der Waals surface area contributed by atoms with Crippen molar-refractivity contribution in [3.63, 3.8) is 0 Å². The fraction of sp³-hybridized carbons (Fsp3) is 0.538. The Morgan fingerprint density at radius 3 is 2.35 bits per heavy atom. The first-order valence-corrected chi connectivity index (χ1v) is 5.87. The molecule has 1 nitrogen and oxygen atoms in total. The van der Waals surface area contributed by atoms with Crippen LogP contribution in [0.3, 0.4) is 0 Å². The fourth-order valence-corrected chi connectivity index (χ4v) is 2.38. The number of nitrogens with one attached hydrogen (secondary N) is 1. The third-order valence-electron chi connectivity index (χ3n) is 3.33. The lowest BCUT2D eigenvalue weighted by Gasteiger charge is -2.28. The summed E-state index contributed by atoms with van der Waals surface area (Å²) in [6.45, 7) is 3.04. The van der Waals surface area contributed by atoms with E-state index in [0.717, 1.165) is 24.9 Å². The summed E-state index contributed by atoms with van der Waals surface area (Å²) in [5.74, 6) is 0.383. The first kappa shape index (κ1) is 12.4. The molecule has 0 unspecified atom stereocenters. The Morgan fingerprint density at radius 2 is 1.82 bits per heavy atom. The summed E-state index contributed by atoms with van der Waals surface area (Å²) in [4.78, 5) is 0. The molecule has 1 aromatic rings.